The zero-order valence-electron chi connectivity index (χ0n) is 13.1. The standard InChI is InChI=1S/C16H23NO4S/c1-12-5-3-6-14(13(12)2)15-7-4-8-17(15)9-10-22(20,21)11-16(18)19/h3,5-6,15H,4,7-11H2,1-2H3,(H,18,19). The molecule has 0 saturated carbocycles. The molecule has 1 heterocycles. The average molecular weight is 325 g/mol. The quantitative estimate of drug-likeness (QED) is 0.865. The number of aryl methyl sites for hydroxylation is 1. The number of likely N-dealkylation sites (tertiary alicyclic amines) is 1. The summed E-state index contributed by atoms with van der Waals surface area (Å²) in [6, 6.07) is 6.46. The van der Waals surface area contributed by atoms with Gasteiger partial charge in [0.15, 0.2) is 9.84 Å². The summed E-state index contributed by atoms with van der Waals surface area (Å²) in [7, 11) is -3.53. The van der Waals surface area contributed by atoms with Gasteiger partial charge < -0.3 is 5.11 Å². The highest BCUT2D eigenvalue weighted by Gasteiger charge is 2.28. The smallest absolute Gasteiger partial charge is 0.318 e. The Bertz CT molecular complexity index is 654. The lowest BCUT2D eigenvalue weighted by atomic mass is 9.96. The second-order valence-electron chi connectivity index (χ2n) is 5.97. The number of aliphatic carboxylic acids is 1. The topological polar surface area (TPSA) is 74.7 Å². The van der Waals surface area contributed by atoms with E-state index in [0.29, 0.717) is 6.54 Å². The summed E-state index contributed by atoms with van der Waals surface area (Å²) in [5, 5.41) is 8.65. The van der Waals surface area contributed by atoms with E-state index in [1.165, 1.54) is 16.7 Å². The molecule has 1 saturated heterocycles. The van der Waals surface area contributed by atoms with Crippen molar-refractivity contribution in [2.24, 2.45) is 0 Å². The van der Waals surface area contributed by atoms with Crippen molar-refractivity contribution in [1.29, 1.82) is 0 Å². The van der Waals surface area contributed by atoms with Crippen molar-refractivity contribution in [1.82, 2.24) is 4.90 Å². The minimum Gasteiger partial charge on any atom is -0.480 e. The lowest BCUT2D eigenvalue weighted by Crippen LogP contribution is -2.31. The number of hydrogen-bond donors (Lipinski definition) is 1. The minimum absolute atomic E-state index is 0.0966. The molecule has 1 unspecified atom stereocenters. The number of nitrogens with zero attached hydrogens (tertiary/aromatic N) is 1. The van der Waals surface area contributed by atoms with Crippen LogP contribution in [0.1, 0.15) is 35.6 Å². The second kappa shape index (κ2) is 6.79. The lowest BCUT2D eigenvalue weighted by molar-refractivity contribution is -0.134. The molecule has 2 rings (SSSR count). The van der Waals surface area contributed by atoms with Crippen LogP contribution < -0.4 is 0 Å². The fraction of sp³-hybridized carbons (Fsp3) is 0.562. The molecule has 1 aromatic rings. The van der Waals surface area contributed by atoms with E-state index in [1.807, 2.05) is 6.07 Å². The Labute approximate surface area is 131 Å². The molecule has 1 aliphatic heterocycles. The number of carboxylic acid groups (broad SMARTS) is 1. The molecule has 0 radical (unpaired) electrons. The number of carbonyl (C=O) groups is 1. The van der Waals surface area contributed by atoms with E-state index in [4.69, 9.17) is 5.11 Å². The van der Waals surface area contributed by atoms with Gasteiger partial charge in [-0.05, 0) is 49.9 Å². The van der Waals surface area contributed by atoms with Gasteiger partial charge in [0.25, 0.3) is 0 Å². The van der Waals surface area contributed by atoms with Gasteiger partial charge in [-0.1, -0.05) is 18.2 Å². The van der Waals surface area contributed by atoms with Crippen LogP contribution in [0.5, 0.6) is 0 Å². The van der Waals surface area contributed by atoms with Crippen LogP contribution in [0.15, 0.2) is 18.2 Å². The fourth-order valence-electron chi connectivity index (χ4n) is 3.10. The van der Waals surface area contributed by atoms with E-state index < -0.39 is 21.6 Å². The average Bonchev–Trinajstić information content (AvgIpc) is 2.86. The van der Waals surface area contributed by atoms with E-state index in [-0.39, 0.29) is 11.8 Å². The third kappa shape index (κ3) is 4.08. The number of carboxylic acids is 1. The number of rotatable bonds is 6. The first-order chi connectivity index (χ1) is 10.3. The van der Waals surface area contributed by atoms with Crippen LogP contribution in [0.3, 0.4) is 0 Å². The first kappa shape index (κ1) is 17.0. The van der Waals surface area contributed by atoms with Gasteiger partial charge in [-0.15, -0.1) is 0 Å². The second-order valence-corrected chi connectivity index (χ2v) is 8.15. The van der Waals surface area contributed by atoms with Crippen molar-refractivity contribution in [3.63, 3.8) is 0 Å². The molecule has 122 valence electrons. The molecule has 6 heteroatoms. The zero-order chi connectivity index (χ0) is 16.3. The SMILES string of the molecule is Cc1cccc(C2CCCN2CCS(=O)(=O)CC(=O)O)c1C. The Hall–Kier alpha value is -1.40. The van der Waals surface area contributed by atoms with Crippen molar-refractivity contribution in [2.45, 2.75) is 32.7 Å². The Morgan fingerprint density at radius 2 is 2.09 bits per heavy atom. The molecule has 1 N–H and O–H groups in total. The third-order valence-corrected chi connectivity index (χ3v) is 5.89. The maximum Gasteiger partial charge on any atom is 0.318 e. The van der Waals surface area contributed by atoms with Gasteiger partial charge in [0, 0.05) is 12.6 Å². The number of sulfone groups is 1. The summed E-state index contributed by atoms with van der Waals surface area (Å²) in [5.74, 6) is -2.16. The van der Waals surface area contributed by atoms with Crippen LogP contribution in [0.25, 0.3) is 0 Å². The molecular weight excluding hydrogens is 302 g/mol. The van der Waals surface area contributed by atoms with Gasteiger partial charge in [0.1, 0.15) is 5.75 Å². The zero-order valence-corrected chi connectivity index (χ0v) is 13.9. The van der Waals surface area contributed by atoms with Gasteiger partial charge in [-0.25, -0.2) is 8.42 Å². The van der Waals surface area contributed by atoms with Crippen LogP contribution >= 0.6 is 0 Å². The summed E-state index contributed by atoms with van der Waals surface area (Å²) in [5.41, 5.74) is 3.75. The monoisotopic (exact) mass is 325 g/mol. The summed E-state index contributed by atoms with van der Waals surface area (Å²) >= 11 is 0. The van der Waals surface area contributed by atoms with Gasteiger partial charge in [-0.2, -0.15) is 0 Å². The Kier molecular flexibility index (Phi) is 5.24. The molecule has 0 amide bonds. The largest absolute Gasteiger partial charge is 0.480 e. The van der Waals surface area contributed by atoms with Gasteiger partial charge in [0.2, 0.25) is 0 Å². The van der Waals surface area contributed by atoms with E-state index in [0.717, 1.165) is 19.4 Å². The van der Waals surface area contributed by atoms with Gasteiger partial charge in [0.05, 0.1) is 5.75 Å². The number of hydrogen-bond acceptors (Lipinski definition) is 4. The molecule has 0 bridgehead atoms. The summed E-state index contributed by atoms with van der Waals surface area (Å²) < 4.78 is 23.5. The third-order valence-electron chi connectivity index (χ3n) is 4.40. The maximum absolute atomic E-state index is 11.8. The lowest BCUT2D eigenvalue weighted by Gasteiger charge is -2.26. The van der Waals surface area contributed by atoms with Crippen LogP contribution in [0, 0.1) is 13.8 Å². The maximum atomic E-state index is 11.8. The molecule has 1 atom stereocenters. The van der Waals surface area contributed by atoms with E-state index in [9.17, 15) is 13.2 Å². The number of benzene rings is 1. The van der Waals surface area contributed by atoms with Gasteiger partial charge >= 0.3 is 5.97 Å². The van der Waals surface area contributed by atoms with Gasteiger partial charge in [-0.3, -0.25) is 9.69 Å². The predicted molar refractivity (Wildman–Crippen MR) is 85.8 cm³/mol. The summed E-state index contributed by atoms with van der Waals surface area (Å²) in [6.07, 6.45) is 2.06. The minimum atomic E-state index is -3.53. The fourth-order valence-corrected chi connectivity index (χ4v) is 4.13. The van der Waals surface area contributed by atoms with Crippen molar-refractivity contribution >= 4 is 15.8 Å². The van der Waals surface area contributed by atoms with Crippen molar-refractivity contribution < 1.29 is 18.3 Å². The van der Waals surface area contributed by atoms with E-state index >= 15 is 0 Å². The first-order valence-corrected chi connectivity index (χ1v) is 9.34. The highest BCUT2D eigenvalue weighted by molar-refractivity contribution is 7.92. The normalized spacial score (nSPS) is 19.5. The Balaban J connectivity index is 2.08. The summed E-state index contributed by atoms with van der Waals surface area (Å²) in [6.45, 7) is 5.44. The van der Waals surface area contributed by atoms with Crippen LogP contribution in [0.2, 0.25) is 0 Å². The van der Waals surface area contributed by atoms with Crippen LogP contribution in [-0.4, -0.2) is 49.0 Å². The van der Waals surface area contributed by atoms with Crippen molar-refractivity contribution in [2.75, 3.05) is 24.6 Å². The molecule has 1 fully saturated rings. The molecule has 5 nitrogen and oxygen atoms in total. The Morgan fingerprint density at radius 3 is 2.77 bits per heavy atom. The predicted octanol–water partition coefficient (Wildman–Crippen LogP) is 1.94. The molecule has 1 aliphatic rings. The summed E-state index contributed by atoms with van der Waals surface area (Å²) in [4.78, 5) is 12.8. The molecule has 22 heavy (non-hydrogen) atoms. The van der Waals surface area contributed by atoms with Crippen molar-refractivity contribution in [3.8, 4) is 0 Å². The molecule has 0 aliphatic carbocycles. The highest BCUT2D eigenvalue weighted by Crippen LogP contribution is 2.34. The van der Waals surface area contributed by atoms with Crippen LogP contribution in [-0.2, 0) is 14.6 Å². The molecule has 1 aromatic carbocycles. The van der Waals surface area contributed by atoms with Crippen LogP contribution in [0.4, 0.5) is 0 Å². The molecule has 0 aromatic heterocycles. The Morgan fingerprint density at radius 1 is 1.36 bits per heavy atom. The van der Waals surface area contributed by atoms with Crippen molar-refractivity contribution in [3.05, 3.63) is 34.9 Å². The molecule has 0 spiro atoms. The van der Waals surface area contributed by atoms with E-state index in [2.05, 4.69) is 30.9 Å². The van der Waals surface area contributed by atoms with E-state index in [1.54, 1.807) is 0 Å². The highest BCUT2D eigenvalue weighted by atomic mass is 32.2. The molecular formula is C16H23NO4S. The first-order valence-electron chi connectivity index (χ1n) is 7.52.